The lowest BCUT2D eigenvalue weighted by atomic mass is 10.2. The molecule has 0 aliphatic carbocycles. The maximum Gasteiger partial charge on any atom is 0.324 e. The number of amides is 4. The highest BCUT2D eigenvalue weighted by Gasteiger charge is 2.28. The molecule has 0 bridgehead atoms. The van der Waals surface area contributed by atoms with Gasteiger partial charge in [-0.1, -0.05) is 18.2 Å². The average Bonchev–Trinajstić information content (AvgIpc) is 2.93. The molecule has 0 unspecified atom stereocenters. The summed E-state index contributed by atoms with van der Waals surface area (Å²) in [6.45, 7) is 1.64. The van der Waals surface area contributed by atoms with Crippen LogP contribution in [0.5, 0.6) is 0 Å². The number of nitrogens with zero attached hydrogens (tertiary/aromatic N) is 2. The first-order valence-corrected chi connectivity index (χ1v) is 8.00. The Kier molecular flexibility index (Phi) is 6.10. The summed E-state index contributed by atoms with van der Waals surface area (Å²) in [4.78, 5) is 49.4. The molecule has 1 fully saturated rings. The number of imide groups is 1. The molecular weight excluding hydrogens is 326 g/mol. The van der Waals surface area contributed by atoms with E-state index in [1.165, 1.54) is 11.8 Å². The lowest BCUT2D eigenvalue weighted by Gasteiger charge is -2.21. The van der Waals surface area contributed by atoms with Gasteiger partial charge in [0.2, 0.25) is 5.91 Å². The number of nitrogens with one attached hydrogen (secondary N) is 1. The topological polar surface area (TPSA) is 96.0 Å². The number of anilines is 1. The second-order valence-electron chi connectivity index (χ2n) is 5.67. The molecule has 1 heterocycles. The van der Waals surface area contributed by atoms with E-state index in [2.05, 4.69) is 5.32 Å². The molecule has 0 spiro atoms. The van der Waals surface area contributed by atoms with Crippen LogP contribution in [0.1, 0.15) is 19.8 Å². The van der Waals surface area contributed by atoms with Crippen LogP contribution in [-0.4, -0.2) is 55.0 Å². The van der Waals surface area contributed by atoms with E-state index in [-0.39, 0.29) is 37.7 Å². The monoisotopic (exact) mass is 347 g/mol. The van der Waals surface area contributed by atoms with Crippen LogP contribution < -0.4 is 10.2 Å². The van der Waals surface area contributed by atoms with Gasteiger partial charge < -0.3 is 15.0 Å². The minimum Gasteiger partial charge on any atom is -0.453 e. The molecule has 4 amide bonds. The largest absolute Gasteiger partial charge is 0.453 e. The van der Waals surface area contributed by atoms with E-state index in [4.69, 9.17) is 4.74 Å². The number of hydrogen-bond donors (Lipinski definition) is 1. The van der Waals surface area contributed by atoms with Crippen LogP contribution in [0.15, 0.2) is 30.3 Å². The zero-order chi connectivity index (χ0) is 18.4. The van der Waals surface area contributed by atoms with Crippen LogP contribution in [0.25, 0.3) is 0 Å². The lowest BCUT2D eigenvalue weighted by Crippen LogP contribution is -2.37. The zero-order valence-corrected chi connectivity index (χ0v) is 14.2. The first-order chi connectivity index (χ1) is 11.9. The van der Waals surface area contributed by atoms with Crippen molar-refractivity contribution in [2.45, 2.75) is 25.9 Å². The van der Waals surface area contributed by atoms with E-state index in [0.717, 1.165) is 4.90 Å². The summed E-state index contributed by atoms with van der Waals surface area (Å²) in [5.74, 6) is -1.20. The number of esters is 1. The molecule has 0 radical (unpaired) electrons. The normalized spacial score (nSPS) is 14.9. The molecule has 1 aliphatic rings. The SMILES string of the molecule is C[C@@H](OC(=O)CCCN1C(=O)CNC1=O)C(=O)N(C)c1ccccc1. The first kappa shape index (κ1) is 18.4. The van der Waals surface area contributed by atoms with Crippen molar-refractivity contribution in [2.24, 2.45) is 0 Å². The number of rotatable bonds is 7. The molecule has 1 atom stereocenters. The standard InChI is InChI=1S/C17H21N3O5/c1-12(16(23)19(2)13-7-4-3-5-8-13)25-15(22)9-6-10-20-14(21)11-18-17(20)24/h3-5,7-8,12H,6,9-11H2,1-2H3,(H,18,24)/t12-/m1/s1. The number of para-hydroxylation sites is 1. The Bertz CT molecular complexity index is 646. The van der Waals surface area contributed by atoms with Crippen LogP contribution in [-0.2, 0) is 19.1 Å². The smallest absolute Gasteiger partial charge is 0.324 e. The molecule has 8 heteroatoms. The Morgan fingerprint density at radius 3 is 2.56 bits per heavy atom. The minimum absolute atomic E-state index is 0.0133. The van der Waals surface area contributed by atoms with Crippen molar-refractivity contribution in [1.82, 2.24) is 10.2 Å². The molecule has 0 saturated carbocycles. The molecule has 25 heavy (non-hydrogen) atoms. The highest BCUT2D eigenvalue weighted by atomic mass is 16.5. The van der Waals surface area contributed by atoms with Gasteiger partial charge in [-0.3, -0.25) is 19.3 Å². The second kappa shape index (κ2) is 8.27. The zero-order valence-electron chi connectivity index (χ0n) is 14.2. The van der Waals surface area contributed by atoms with E-state index >= 15 is 0 Å². The summed E-state index contributed by atoms with van der Waals surface area (Å²) in [6.07, 6.45) is -0.619. The lowest BCUT2D eigenvalue weighted by molar-refractivity contribution is -0.154. The van der Waals surface area contributed by atoms with Crippen molar-refractivity contribution in [3.05, 3.63) is 30.3 Å². The van der Waals surface area contributed by atoms with Crippen LogP contribution in [0.2, 0.25) is 0 Å². The fraction of sp³-hybridized carbons (Fsp3) is 0.412. The molecular formula is C17H21N3O5. The fourth-order valence-electron chi connectivity index (χ4n) is 2.42. The van der Waals surface area contributed by atoms with Crippen molar-refractivity contribution < 1.29 is 23.9 Å². The summed E-state index contributed by atoms with van der Waals surface area (Å²) >= 11 is 0. The number of hydrogen-bond acceptors (Lipinski definition) is 5. The van der Waals surface area contributed by atoms with E-state index in [1.807, 2.05) is 18.2 Å². The summed E-state index contributed by atoms with van der Waals surface area (Å²) in [7, 11) is 1.61. The van der Waals surface area contributed by atoms with Crippen LogP contribution >= 0.6 is 0 Å². The molecule has 1 saturated heterocycles. The molecule has 1 aliphatic heterocycles. The molecule has 1 aromatic rings. The van der Waals surface area contributed by atoms with Gasteiger partial charge in [0.05, 0.1) is 6.54 Å². The number of ether oxygens (including phenoxy) is 1. The quantitative estimate of drug-likeness (QED) is 0.584. The number of benzene rings is 1. The van der Waals surface area contributed by atoms with Gasteiger partial charge in [-0.25, -0.2) is 4.79 Å². The third-order valence-corrected chi connectivity index (χ3v) is 3.83. The summed E-state index contributed by atoms with van der Waals surface area (Å²) in [5.41, 5.74) is 0.703. The maximum atomic E-state index is 12.3. The van der Waals surface area contributed by atoms with E-state index < -0.39 is 18.1 Å². The number of likely N-dealkylation sites (N-methyl/N-ethyl adjacent to an activating group) is 1. The van der Waals surface area contributed by atoms with Crippen molar-refractivity contribution in [3.8, 4) is 0 Å². The van der Waals surface area contributed by atoms with Crippen molar-refractivity contribution >= 4 is 29.5 Å². The van der Waals surface area contributed by atoms with Crippen molar-refractivity contribution in [2.75, 3.05) is 25.0 Å². The molecule has 8 nitrogen and oxygen atoms in total. The molecule has 2 rings (SSSR count). The fourth-order valence-corrected chi connectivity index (χ4v) is 2.42. The first-order valence-electron chi connectivity index (χ1n) is 8.00. The van der Waals surface area contributed by atoms with Crippen LogP contribution in [0, 0.1) is 0 Å². The van der Waals surface area contributed by atoms with Gasteiger partial charge in [0.1, 0.15) is 0 Å². The van der Waals surface area contributed by atoms with Gasteiger partial charge in [-0.15, -0.1) is 0 Å². The Hall–Kier alpha value is -2.90. The summed E-state index contributed by atoms with van der Waals surface area (Å²) < 4.78 is 5.14. The Morgan fingerprint density at radius 2 is 1.96 bits per heavy atom. The maximum absolute atomic E-state index is 12.3. The highest BCUT2D eigenvalue weighted by Crippen LogP contribution is 2.13. The van der Waals surface area contributed by atoms with Crippen molar-refractivity contribution in [3.63, 3.8) is 0 Å². The van der Waals surface area contributed by atoms with Crippen molar-refractivity contribution in [1.29, 1.82) is 0 Å². The van der Waals surface area contributed by atoms with E-state index in [9.17, 15) is 19.2 Å². The van der Waals surface area contributed by atoms with E-state index in [1.54, 1.807) is 19.2 Å². The predicted molar refractivity (Wildman–Crippen MR) is 89.8 cm³/mol. The van der Waals surface area contributed by atoms with Crippen LogP contribution in [0.4, 0.5) is 10.5 Å². The molecule has 134 valence electrons. The van der Waals surface area contributed by atoms with Gasteiger partial charge >= 0.3 is 12.0 Å². The summed E-state index contributed by atoms with van der Waals surface area (Å²) in [5, 5.41) is 2.40. The Labute approximate surface area is 145 Å². The average molecular weight is 347 g/mol. The summed E-state index contributed by atoms with van der Waals surface area (Å²) in [6, 6.07) is 8.58. The van der Waals surface area contributed by atoms with Gasteiger partial charge in [-0.2, -0.15) is 0 Å². The third kappa shape index (κ3) is 4.79. The van der Waals surface area contributed by atoms with Crippen LogP contribution in [0.3, 0.4) is 0 Å². The number of carbonyl (C=O) groups excluding carboxylic acids is 4. The minimum atomic E-state index is -0.922. The molecule has 0 aromatic heterocycles. The Morgan fingerprint density at radius 1 is 1.28 bits per heavy atom. The number of carbonyl (C=O) groups is 4. The Balaban J connectivity index is 1.76. The third-order valence-electron chi connectivity index (χ3n) is 3.83. The highest BCUT2D eigenvalue weighted by molar-refractivity contribution is 6.02. The van der Waals surface area contributed by atoms with Gasteiger partial charge in [0.15, 0.2) is 6.10 Å². The second-order valence-corrected chi connectivity index (χ2v) is 5.67. The molecule has 1 N–H and O–H groups in total. The predicted octanol–water partition coefficient (Wildman–Crippen LogP) is 0.913. The number of urea groups is 1. The van der Waals surface area contributed by atoms with Gasteiger partial charge in [0.25, 0.3) is 5.91 Å². The molecule has 1 aromatic carbocycles. The van der Waals surface area contributed by atoms with E-state index in [0.29, 0.717) is 5.69 Å². The van der Waals surface area contributed by atoms with Gasteiger partial charge in [-0.05, 0) is 25.5 Å². The van der Waals surface area contributed by atoms with Gasteiger partial charge in [0, 0.05) is 25.7 Å².